The molecule has 0 atom stereocenters. The fourth-order valence-corrected chi connectivity index (χ4v) is 3.13. The van der Waals surface area contributed by atoms with Crippen molar-refractivity contribution in [2.75, 3.05) is 19.0 Å². The number of amides is 1. The topological polar surface area (TPSA) is 94.8 Å². The zero-order valence-corrected chi connectivity index (χ0v) is 17.3. The van der Waals surface area contributed by atoms with Gasteiger partial charge in [0.25, 0.3) is 5.91 Å². The number of benzene rings is 2. The van der Waals surface area contributed by atoms with Crippen LogP contribution in [0.1, 0.15) is 22.3 Å². The molecule has 3 aromatic rings. The molecule has 156 valence electrons. The molecule has 7 heteroatoms. The van der Waals surface area contributed by atoms with Crippen LogP contribution in [-0.4, -0.2) is 25.6 Å². The molecule has 0 fully saturated rings. The van der Waals surface area contributed by atoms with Crippen LogP contribution in [0.4, 0.5) is 5.69 Å². The van der Waals surface area contributed by atoms with E-state index >= 15 is 0 Å². The number of methoxy groups -OCH3 is 1. The Hall–Kier alpha value is -3.61. The second-order valence-electron chi connectivity index (χ2n) is 7.01. The van der Waals surface area contributed by atoms with Crippen molar-refractivity contribution in [3.8, 4) is 5.75 Å². The number of ether oxygens (including phenoxy) is 2. The van der Waals surface area contributed by atoms with E-state index in [0.717, 1.165) is 5.56 Å². The average molecular weight is 409 g/mol. The average Bonchev–Trinajstić information content (AvgIpc) is 2.72. The molecule has 1 aromatic heterocycles. The molecule has 30 heavy (non-hydrogen) atoms. The monoisotopic (exact) mass is 409 g/mol. The summed E-state index contributed by atoms with van der Waals surface area (Å²) in [4.78, 5) is 36.1. The quantitative estimate of drug-likeness (QED) is 0.495. The van der Waals surface area contributed by atoms with Gasteiger partial charge >= 0.3 is 11.6 Å². The first kappa shape index (κ1) is 21.1. The minimum atomic E-state index is -0.595. The van der Waals surface area contributed by atoms with Gasteiger partial charge in [-0.25, -0.2) is 4.79 Å². The van der Waals surface area contributed by atoms with Crippen LogP contribution in [0, 0.1) is 20.8 Å². The number of hydrogen-bond donors (Lipinski definition) is 1. The van der Waals surface area contributed by atoms with Crippen molar-refractivity contribution in [1.82, 2.24) is 0 Å². The highest BCUT2D eigenvalue weighted by atomic mass is 16.5. The summed E-state index contributed by atoms with van der Waals surface area (Å²) in [5.41, 5.74) is 3.07. The Balaban J connectivity index is 1.80. The van der Waals surface area contributed by atoms with Gasteiger partial charge in [-0.05, 0) is 50.6 Å². The molecule has 0 spiro atoms. The largest absolute Gasteiger partial charge is 0.483 e. The van der Waals surface area contributed by atoms with Crippen LogP contribution in [0.3, 0.4) is 0 Å². The number of aryl methyl sites for hydroxylation is 3. The zero-order chi connectivity index (χ0) is 21.8. The van der Waals surface area contributed by atoms with Gasteiger partial charge in [0.2, 0.25) is 0 Å². The Morgan fingerprint density at radius 3 is 2.37 bits per heavy atom. The van der Waals surface area contributed by atoms with Gasteiger partial charge in [-0.1, -0.05) is 17.7 Å². The Morgan fingerprint density at radius 1 is 1.00 bits per heavy atom. The van der Waals surface area contributed by atoms with E-state index in [0.29, 0.717) is 33.5 Å². The van der Waals surface area contributed by atoms with E-state index in [2.05, 4.69) is 10.1 Å². The maximum Gasteiger partial charge on any atom is 0.340 e. The summed E-state index contributed by atoms with van der Waals surface area (Å²) < 4.78 is 15.8. The lowest BCUT2D eigenvalue weighted by molar-refractivity contribution is -0.139. The van der Waals surface area contributed by atoms with Gasteiger partial charge in [0, 0.05) is 16.6 Å². The van der Waals surface area contributed by atoms with Crippen molar-refractivity contribution in [2.45, 2.75) is 27.2 Å². The van der Waals surface area contributed by atoms with Crippen LogP contribution in [0.5, 0.6) is 5.75 Å². The van der Waals surface area contributed by atoms with Gasteiger partial charge in [0.05, 0.1) is 19.1 Å². The summed E-state index contributed by atoms with van der Waals surface area (Å²) in [7, 11) is 1.27. The molecule has 0 saturated heterocycles. The van der Waals surface area contributed by atoms with E-state index in [4.69, 9.17) is 9.15 Å². The maximum absolute atomic E-state index is 12.4. The molecule has 2 aromatic carbocycles. The molecule has 1 N–H and O–H groups in total. The molecule has 0 unspecified atom stereocenters. The number of carbonyl (C=O) groups excluding carboxylic acids is 2. The summed E-state index contributed by atoms with van der Waals surface area (Å²) in [6.07, 6.45) is -0.156. The molecule has 0 aliphatic rings. The number of carbonyl (C=O) groups is 2. The smallest absolute Gasteiger partial charge is 0.340 e. The molecule has 0 aliphatic carbocycles. The van der Waals surface area contributed by atoms with E-state index in [1.54, 1.807) is 26.0 Å². The maximum atomic E-state index is 12.4. The van der Waals surface area contributed by atoms with Crippen LogP contribution >= 0.6 is 0 Å². The second-order valence-corrected chi connectivity index (χ2v) is 7.01. The molecule has 0 aliphatic heterocycles. The summed E-state index contributed by atoms with van der Waals surface area (Å²) >= 11 is 0. The van der Waals surface area contributed by atoms with E-state index in [9.17, 15) is 14.4 Å². The standard InChI is InChI=1S/C23H23NO6/c1-13-5-7-16(8-6-13)24-20(25)12-29-19-10-9-17-14(2)18(11-21(26)28-4)23(27)30-22(17)15(19)3/h5-10H,11-12H2,1-4H3,(H,24,25). The summed E-state index contributed by atoms with van der Waals surface area (Å²) in [6, 6.07) is 10.9. The zero-order valence-electron chi connectivity index (χ0n) is 17.3. The highest BCUT2D eigenvalue weighted by Crippen LogP contribution is 2.29. The van der Waals surface area contributed by atoms with Crippen molar-refractivity contribution < 1.29 is 23.5 Å². The van der Waals surface area contributed by atoms with E-state index in [-0.39, 0.29) is 24.5 Å². The van der Waals surface area contributed by atoms with Crippen molar-refractivity contribution in [1.29, 1.82) is 0 Å². The number of nitrogens with one attached hydrogen (secondary N) is 1. The van der Waals surface area contributed by atoms with Gasteiger partial charge < -0.3 is 19.2 Å². The first-order chi connectivity index (χ1) is 14.3. The normalized spacial score (nSPS) is 10.7. The van der Waals surface area contributed by atoms with Crippen molar-refractivity contribution in [3.63, 3.8) is 0 Å². The molecule has 0 radical (unpaired) electrons. The molecule has 0 saturated carbocycles. The van der Waals surface area contributed by atoms with Crippen LogP contribution in [0.2, 0.25) is 0 Å². The molecule has 0 bridgehead atoms. The number of anilines is 1. The molecular weight excluding hydrogens is 386 g/mol. The predicted octanol–water partition coefficient (Wildman–Crippen LogP) is 3.45. The van der Waals surface area contributed by atoms with Crippen LogP contribution in [0.15, 0.2) is 45.6 Å². The van der Waals surface area contributed by atoms with Gasteiger partial charge in [-0.2, -0.15) is 0 Å². The lowest BCUT2D eigenvalue weighted by Crippen LogP contribution is -2.20. The third kappa shape index (κ3) is 4.51. The molecule has 7 nitrogen and oxygen atoms in total. The minimum Gasteiger partial charge on any atom is -0.483 e. The van der Waals surface area contributed by atoms with Crippen molar-refractivity contribution in [3.05, 3.63) is 69.1 Å². The third-order valence-electron chi connectivity index (χ3n) is 4.90. The predicted molar refractivity (Wildman–Crippen MR) is 113 cm³/mol. The first-order valence-electron chi connectivity index (χ1n) is 9.42. The van der Waals surface area contributed by atoms with Crippen molar-refractivity contribution >= 4 is 28.5 Å². The van der Waals surface area contributed by atoms with E-state index in [1.807, 2.05) is 31.2 Å². The fraction of sp³-hybridized carbons (Fsp3) is 0.261. The van der Waals surface area contributed by atoms with Gasteiger partial charge in [-0.3, -0.25) is 9.59 Å². The summed E-state index contributed by atoms with van der Waals surface area (Å²) in [5.74, 6) is -0.379. The van der Waals surface area contributed by atoms with E-state index < -0.39 is 11.6 Å². The molecular formula is C23H23NO6. The van der Waals surface area contributed by atoms with Crippen LogP contribution in [-0.2, 0) is 20.7 Å². The second kappa shape index (κ2) is 8.82. The molecule has 1 amide bonds. The summed E-state index contributed by atoms with van der Waals surface area (Å²) in [6.45, 7) is 5.28. The fourth-order valence-electron chi connectivity index (χ4n) is 3.13. The van der Waals surface area contributed by atoms with Gasteiger partial charge in [-0.15, -0.1) is 0 Å². The van der Waals surface area contributed by atoms with E-state index in [1.165, 1.54) is 7.11 Å². The number of hydrogen-bond acceptors (Lipinski definition) is 6. The number of esters is 1. The van der Waals surface area contributed by atoms with Gasteiger partial charge in [0.15, 0.2) is 6.61 Å². The van der Waals surface area contributed by atoms with Crippen molar-refractivity contribution in [2.24, 2.45) is 0 Å². The lowest BCUT2D eigenvalue weighted by Gasteiger charge is -2.13. The lowest BCUT2D eigenvalue weighted by atomic mass is 10.0. The Morgan fingerprint density at radius 2 is 1.70 bits per heavy atom. The Kier molecular flexibility index (Phi) is 6.20. The first-order valence-corrected chi connectivity index (χ1v) is 9.42. The summed E-state index contributed by atoms with van der Waals surface area (Å²) in [5, 5.41) is 3.46. The minimum absolute atomic E-state index is 0.156. The van der Waals surface area contributed by atoms with Gasteiger partial charge in [0.1, 0.15) is 11.3 Å². The molecule has 1 heterocycles. The third-order valence-corrected chi connectivity index (χ3v) is 4.90. The molecule has 3 rings (SSSR count). The van der Waals surface area contributed by atoms with Crippen LogP contribution in [0.25, 0.3) is 11.0 Å². The van der Waals surface area contributed by atoms with Crippen LogP contribution < -0.4 is 15.7 Å². The number of fused-ring (bicyclic) bond motifs is 1. The SMILES string of the molecule is COC(=O)Cc1c(C)c2ccc(OCC(=O)Nc3ccc(C)cc3)c(C)c2oc1=O. The highest BCUT2D eigenvalue weighted by Gasteiger charge is 2.18. The number of rotatable bonds is 6. The Bertz CT molecular complexity index is 1160. The Labute approximate surface area is 173 Å². The highest BCUT2D eigenvalue weighted by molar-refractivity contribution is 5.92.